The SMILES string of the molecule is COc1ccc(S(=O)(=O)NC(C)c2ccncc2)cc1C(N)=O. The van der Waals surface area contributed by atoms with E-state index in [1.165, 1.54) is 25.3 Å². The molecule has 0 aliphatic heterocycles. The number of methoxy groups -OCH3 is 1. The first-order valence-corrected chi connectivity index (χ1v) is 8.23. The summed E-state index contributed by atoms with van der Waals surface area (Å²) in [7, 11) is -2.45. The molecule has 23 heavy (non-hydrogen) atoms. The van der Waals surface area contributed by atoms with Crippen LogP contribution in [0.25, 0.3) is 0 Å². The van der Waals surface area contributed by atoms with Gasteiger partial charge in [-0.3, -0.25) is 9.78 Å². The lowest BCUT2D eigenvalue weighted by molar-refractivity contribution is 0.0997. The Morgan fingerprint density at radius 3 is 2.48 bits per heavy atom. The van der Waals surface area contributed by atoms with Gasteiger partial charge in [-0.05, 0) is 42.8 Å². The standard InChI is InChI=1S/C15H17N3O4S/c1-10(11-5-7-17-8-6-11)18-23(20,21)12-3-4-14(22-2)13(9-12)15(16)19/h3-10,18H,1-2H3,(H2,16,19). The van der Waals surface area contributed by atoms with Crippen LogP contribution in [0, 0.1) is 0 Å². The molecule has 0 bridgehead atoms. The van der Waals surface area contributed by atoms with Crippen LogP contribution in [0.4, 0.5) is 0 Å². The van der Waals surface area contributed by atoms with Crippen LogP contribution < -0.4 is 15.2 Å². The third-order valence-electron chi connectivity index (χ3n) is 3.28. The maximum absolute atomic E-state index is 12.5. The second-order valence-corrected chi connectivity index (χ2v) is 6.56. The Morgan fingerprint density at radius 1 is 1.26 bits per heavy atom. The molecule has 0 spiro atoms. The van der Waals surface area contributed by atoms with Crippen LogP contribution in [-0.4, -0.2) is 26.4 Å². The van der Waals surface area contributed by atoms with E-state index in [-0.39, 0.29) is 16.2 Å². The highest BCUT2D eigenvalue weighted by Crippen LogP contribution is 2.23. The highest BCUT2D eigenvalue weighted by molar-refractivity contribution is 7.89. The van der Waals surface area contributed by atoms with E-state index in [9.17, 15) is 13.2 Å². The van der Waals surface area contributed by atoms with E-state index >= 15 is 0 Å². The number of amides is 1. The van der Waals surface area contributed by atoms with Crippen molar-refractivity contribution in [2.45, 2.75) is 17.9 Å². The van der Waals surface area contributed by atoms with Crippen molar-refractivity contribution in [3.63, 3.8) is 0 Å². The van der Waals surface area contributed by atoms with E-state index in [1.54, 1.807) is 31.5 Å². The minimum atomic E-state index is -3.82. The molecular weight excluding hydrogens is 318 g/mol. The zero-order valence-electron chi connectivity index (χ0n) is 12.7. The van der Waals surface area contributed by atoms with Crippen molar-refractivity contribution >= 4 is 15.9 Å². The van der Waals surface area contributed by atoms with Gasteiger partial charge in [-0.2, -0.15) is 0 Å². The second-order valence-electron chi connectivity index (χ2n) is 4.85. The molecule has 0 fully saturated rings. The lowest BCUT2D eigenvalue weighted by Gasteiger charge is -2.15. The van der Waals surface area contributed by atoms with E-state index in [1.807, 2.05) is 0 Å². The van der Waals surface area contributed by atoms with Gasteiger partial charge in [0.1, 0.15) is 5.75 Å². The van der Waals surface area contributed by atoms with Crippen molar-refractivity contribution in [2.24, 2.45) is 5.73 Å². The molecule has 2 aromatic rings. The Hall–Kier alpha value is -2.45. The van der Waals surface area contributed by atoms with Crippen LogP contribution in [-0.2, 0) is 10.0 Å². The summed E-state index contributed by atoms with van der Waals surface area (Å²) in [6.07, 6.45) is 3.16. The first-order valence-electron chi connectivity index (χ1n) is 6.75. The van der Waals surface area contributed by atoms with Crippen LogP contribution in [0.5, 0.6) is 5.75 Å². The van der Waals surface area contributed by atoms with E-state index in [0.717, 1.165) is 5.56 Å². The topological polar surface area (TPSA) is 111 Å². The van der Waals surface area contributed by atoms with Gasteiger partial charge in [0.2, 0.25) is 10.0 Å². The summed E-state index contributed by atoms with van der Waals surface area (Å²) in [6.45, 7) is 1.71. The molecule has 1 aromatic carbocycles. The summed E-state index contributed by atoms with van der Waals surface area (Å²) in [5, 5.41) is 0. The molecule has 2 rings (SSSR count). The molecule has 7 nitrogen and oxygen atoms in total. The number of pyridine rings is 1. The van der Waals surface area contributed by atoms with Gasteiger partial charge in [0.15, 0.2) is 0 Å². The number of ether oxygens (including phenoxy) is 1. The molecule has 0 aliphatic carbocycles. The number of carbonyl (C=O) groups excluding carboxylic acids is 1. The number of sulfonamides is 1. The molecule has 1 heterocycles. The number of primary amides is 1. The lowest BCUT2D eigenvalue weighted by atomic mass is 10.1. The van der Waals surface area contributed by atoms with Gasteiger partial charge in [0.05, 0.1) is 17.6 Å². The van der Waals surface area contributed by atoms with E-state index in [4.69, 9.17) is 10.5 Å². The van der Waals surface area contributed by atoms with Crippen molar-refractivity contribution in [3.05, 3.63) is 53.9 Å². The first-order chi connectivity index (χ1) is 10.8. The smallest absolute Gasteiger partial charge is 0.252 e. The number of rotatable bonds is 6. The highest BCUT2D eigenvalue weighted by Gasteiger charge is 2.21. The molecule has 1 aromatic heterocycles. The Bertz CT molecular complexity index is 807. The highest BCUT2D eigenvalue weighted by atomic mass is 32.2. The van der Waals surface area contributed by atoms with E-state index in [2.05, 4.69) is 9.71 Å². The number of nitrogens with one attached hydrogen (secondary N) is 1. The maximum Gasteiger partial charge on any atom is 0.252 e. The number of hydrogen-bond acceptors (Lipinski definition) is 5. The van der Waals surface area contributed by atoms with Crippen molar-refractivity contribution < 1.29 is 17.9 Å². The lowest BCUT2D eigenvalue weighted by Crippen LogP contribution is -2.27. The maximum atomic E-state index is 12.5. The summed E-state index contributed by atoms with van der Waals surface area (Å²) >= 11 is 0. The summed E-state index contributed by atoms with van der Waals surface area (Å²) < 4.78 is 32.5. The zero-order valence-corrected chi connectivity index (χ0v) is 13.5. The van der Waals surface area contributed by atoms with Gasteiger partial charge >= 0.3 is 0 Å². The molecule has 0 radical (unpaired) electrons. The van der Waals surface area contributed by atoms with E-state index in [0.29, 0.717) is 0 Å². The Labute approximate surface area is 134 Å². The summed E-state index contributed by atoms with van der Waals surface area (Å²) in [5.41, 5.74) is 6.03. The summed E-state index contributed by atoms with van der Waals surface area (Å²) in [5.74, 6) is -0.542. The Morgan fingerprint density at radius 2 is 1.91 bits per heavy atom. The Balaban J connectivity index is 2.33. The number of nitrogens with two attached hydrogens (primary N) is 1. The van der Waals surface area contributed by atoms with Gasteiger partial charge in [0.25, 0.3) is 5.91 Å². The quantitative estimate of drug-likeness (QED) is 0.824. The fourth-order valence-corrected chi connectivity index (χ4v) is 3.33. The molecule has 0 saturated heterocycles. The molecule has 1 atom stereocenters. The van der Waals surface area contributed by atoms with Crippen molar-refractivity contribution in [2.75, 3.05) is 7.11 Å². The monoisotopic (exact) mass is 335 g/mol. The minimum Gasteiger partial charge on any atom is -0.496 e. The van der Waals surface area contributed by atoms with Gasteiger partial charge in [0, 0.05) is 18.4 Å². The molecule has 8 heteroatoms. The summed E-state index contributed by atoms with van der Waals surface area (Å²) in [4.78, 5) is 15.3. The molecule has 1 amide bonds. The molecule has 0 saturated carbocycles. The third-order valence-corrected chi connectivity index (χ3v) is 4.82. The average molecular weight is 335 g/mol. The molecule has 3 N–H and O–H groups in total. The van der Waals surface area contributed by atoms with E-state index < -0.39 is 22.0 Å². The second kappa shape index (κ2) is 6.76. The first kappa shape index (κ1) is 16.9. The summed E-state index contributed by atoms with van der Waals surface area (Å²) in [6, 6.07) is 6.93. The van der Waals surface area contributed by atoms with Gasteiger partial charge in [-0.15, -0.1) is 0 Å². The fraction of sp³-hybridized carbons (Fsp3) is 0.200. The number of aromatic nitrogens is 1. The molecule has 0 aliphatic rings. The third kappa shape index (κ3) is 3.85. The fourth-order valence-electron chi connectivity index (χ4n) is 2.07. The minimum absolute atomic E-state index is 0.00643. The number of carbonyl (C=O) groups is 1. The molecule has 1 unspecified atom stereocenters. The van der Waals surface area contributed by atoms with Crippen LogP contribution in [0.1, 0.15) is 28.9 Å². The van der Waals surface area contributed by atoms with Crippen LogP contribution in [0.3, 0.4) is 0 Å². The number of nitrogens with zero attached hydrogens (tertiary/aromatic N) is 1. The predicted octanol–water partition coefficient (Wildman–Crippen LogP) is 1.23. The van der Waals surface area contributed by atoms with Gasteiger partial charge < -0.3 is 10.5 Å². The predicted molar refractivity (Wildman–Crippen MR) is 84.5 cm³/mol. The largest absolute Gasteiger partial charge is 0.496 e. The van der Waals surface area contributed by atoms with Gasteiger partial charge in [-0.25, -0.2) is 13.1 Å². The average Bonchev–Trinajstić information content (AvgIpc) is 2.54. The number of hydrogen-bond donors (Lipinski definition) is 2. The van der Waals surface area contributed by atoms with Crippen molar-refractivity contribution in [3.8, 4) is 5.75 Å². The number of benzene rings is 1. The van der Waals surface area contributed by atoms with Crippen LogP contribution in [0.2, 0.25) is 0 Å². The molecular formula is C15H17N3O4S. The van der Waals surface area contributed by atoms with Crippen LogP contribution in [0.15, 0.2) is 47.6 Å². The zero-order chi connectivity index (χ0) is 17.0. The Kier molecular flexibility index (Phi) is 4.97. The van der Waals surface area contributed by atoms with Gasteiger partial charge in [-0.1, -0.05) is 0 Å². The normalized spacial score (nSPS) is 12.6. The van der Waals surface area contributed by atoms with Crippen molar-refractivity contribution in [1.82, 2.24) is 9.71 Å². The molecule has 122 valence electrons. The van der Waals surface area contributed by atoms with Crippen LogP contribution >= 0.6 is 0 Å². The van der Waals surface area contributed by atoms with Crippen molar-refractivity contribution in [1.29, 1.82) is 0 Å².